The Bertz CT molecular complexity index is 866. The molecule has 1 aromatic carbocycles. The number of nitrogens with one attached hydrogen (secondary N) is 2. The number of imidazole rings is 1. The SMILES string of the molecule is CCC(C)C(NC(=O)N1CCc2[nH]cnc2C1c1cccc(OC)c1)C(=O)OC. The Balaban J connectivity index is 1.93. The Kier molecular flexibility index (Phi) is 6.41. The van der Waals surface area contributed by atoms with Crippen molar-refractivity contribution in [2.24, 2.45) is 5.92 Å². The number of nitrogens with zero attached hydrogens (tertiary/aromatic N) is 2. The molecule has 0 saturated carbocycles. The topological polar surface area (TPSA) is 96.5 Å². The van der Waals surface area contributed by atoms with Crippen molar-refractivity contribution < 1.29 is 19.1 Å². The summed E-state index contributed by atoms with van der Waals surface area (Å²) in [6.07, 6.45) is 3.05. The zero-order chi connectivity index (χ0) is 21.0. The molecular formula is C21H28N4O4. The highest BCUT2D eigenvalue weighted by molar-refractivity contribution is 5.84. The maximum atomic E-state index is 13.3. The standard InChI is InChI=1S/C21H28N4O4/c1-5-13(2)17(20(26)29-4)24-21(27)25-10-9-16-18(23-12-22-16)19(25)14-7-6-8-15(11-14)28-3/h6-8,11-13,17,19H,5,9-10H2,1-4H3,(H,22,23)(H,24,27). The van der Waals surface area contributed by atoms with Crippen molar-refractivity contribution in [3.8, 4) is 5.75 Å². The van der Waals surface area contributed by atoms with Crippen LogP contribution < -0.4 is 10.1 Å². The van der Waals surface area contributed by atoms with Gasteiger partial charge in [0.1, 0.15) is 17.8 Å². The smallest absolute Gasteiger partial charge is 0.328 e. The van der Waals surface area contributed by atoms with E-state index in [0.29, 0.717) is 18.7 Å². The minimum absolute atomic E-state index is 0.0487. The van der Waals surface area contributed by atoms with E-state index in [-0.39, 0.29) is 18.0 Å². The molecule has 3 atom stereocenters. The second-order valence-corrected chi connectivity index (χ2v) is 7.22. The van der Waals surface area contributed by atoms with Gasteiger partial charge in [-0.25, -0.2) is 14.6 Å². The molecule has 0 bridgehead atoms. The molecule has 1 aliphatic heterocycles. The van der Waals surface area contributed by atoms with Crippen LogP contribution in [0.15, 0.2) is 30.6 Å². The molecule has 2 heterocycles. The van der Waals surface area contributed by atoms with Crippen LogP contribution in [0.3, 0.4) is 0 Å². The molecule has 2 aromatic rings. The van der Waals surface area contributed by atoms with E-state index < -0.39 is 12.0 Å². The second-order valence-electron chi connectivity index (χ2n) is 7.22. The molecule has 1 aliphatic rings. The highest BCUT2D eigenvalue weighted by atomic mass is 16.5. The zero-order valence-electron chi connectivity index (χ0n) is 17.3. The fourth-order valence-corrected chi connectivity index (χ4v) is 3.66. The van der Waals surface area contributed by atoms with Gasteiger partial charge in [-0.2, -0.15) is 0 Å². The first-order valence-electron chi connectivity index (χ1n) is 9.81. The number of methoxy groups -OCH3 is 2. The van der Waals surface area contributed by atoms with E-state index >= 15 is 0 Å². The minimum atomic E-state index is -0.705. The van der Waals surface area contributed by atoms with Crippen molar-refractivity contribution >= 4 is 12.0 Å². The third-order valence-electron chi connectivity index (χ3n) is 5.54. The predicted octanol–water partition coefficient (Wildman–Crippen LogP) is 2.66. The lowest BCUT2D eigenvalue weighted by atomic mass is 9.95. The van der Waals surface area contributed by atoms with E-state index in [9.17, 15) is 9.59 Å². The monoisotopic (exact) mass is 400 g/mol. The Morgan fingerprint density at radius 1 is 1.38 bits per heavy atom. The number of rotatable bonds is 6. The van der Waals surface area contributed by atoms with Crippen LogP contribution in [0.25, 0.3) is 0 Å². The Morgan fingerprint density at radius 3 is 2.86 bits per heavy atom. The highest BCUT2D eigenvalue weighted by Crippen LogP contribution is 2.34. The van der Waals surface area contributed by atoms with Gasteiger partial charge in [0.2, 0.25) is 0 Å². The molecule has 2 amide bonds. The number of ether oxygens (including phenoxy) is 2. The molecule has 156 valence electrons. The maximum absolute atomic E-state index is 13.3. The van der Waals surface area contributed by atoms with Crippen molar-refractivity contribution in [2.45, 2.75) is 38.8 Å². The van der Waals surface area contributed by atoms with Crippen LogP contribution in [0.5, 0.6) is 5.75 Å². The molecule has 0 saturated heterocycles. The van der Waals surface area contributed by atoms with Gasteiger partial charge in [0.05, 0.1) is 26.2 Å². The molecule has 0 aliphatic carbocycles. The van der Waals surface area contributed by atoms with Crippen LogP contribution in [0.2, 0.25) is 0 Å². The normalized spacial score (nSPS) is 17.8. The third kappa shape index (κ3) is 4.21. The Hall–Kier alpha value is -3.03. The number of benzene rings is 1. The quantitative estimate of drug-likeness (QED) is 0.727. The van der Waals surface area contributed by atoms with Gasteiger partial charge in [0.15, 0.2) is 0 Å². The average molecular weight is 400 g/mol. The van der Waals surface area contributed by atoms with Crippen LogP contribution in [0.4, 0.5) is 4.79 Å². The summed E-state index contributed by atoms with van der Waals surface area (Å²) in [6.45, 7) is 4.39. The molecule has 0 spiro atoms. The van der Waals surface area contributed by atoms with Crippen LogP contribution in [-0.4, -0.2) is 53.7 Å². The predicted molar refractivity (Wildman–Crippen MR) is 108 cm³/mol. The molecule has 3 rings (SSSR count). The fraction of sp³-hybridized carbons (Fsp3) is 0.476. The number of hydrogen-bond acceptors (Lipinski definition) is 5. The van der Waals surface area contributed by atoms with Crippen molar-refractivity contribution in [2.75, 3.05) is 20.8 Å². The van der Waals surface area contributed by atoms with Gasteiger partial charge in [-0.05, 0) is 23.6 Å². The second kappa shape index (κ2) is 8.98. The first kappa shape index (κ1) is 20.7. The van der Waals surface area contributed by atoms with Gasteiger partial charge < -0.3 is 24.7 Å². The molecule has 29 heavy (non-hydrogen) atoms. The molecule has 8 nitrogen and oxygen atoms in total. The van der Waals surface area contributed by atoms with Crippen LogP contribution >= 0.6 is 0 Å². The average Bonchev–Trinajstić information content (AvgIpc) is 3.24. The molecule has 0 radical (unpaired) electrons. The van der Waals surface area contributed by atoms with E-state index in [2.05, 4.69) is 15.3 Å². The van der Waals surface area contributed by atoms with Crippen molar-refractivity contribution in [3.05, 3.63) is 47.5 Å². The maximum Gasteiger partial charge on any atom is 0.328 e. The molecule has 2 N–H and O–H groups in total. The number of fused-ring (bicyclic) bond motifs is 1. The Morgan fingerprint density at radius 2 is 2.17 bits per heavy atom. The van der Waals surface area contributed by atoms with E-state index in [0.717, 1.165) is 23.4 Å². The summed E-state index contributed by atoms with van der Waals surface area (Å²) >= 11 is 0. The lowest BCUT2D eigenvalue weighted by Crippen LogP contribution is -2.53. The highest BCUT2D eigenvalue weighted by Gasteiger charge is 2.36. The molecule has 3 unspecified atom stereocenters. The molecule has 1 aromatic heterocycles. The number of carbonyl (C=O) groups is 2. The number of esters is 1. The van der Waals surface area contributed by atoms with Gasteiger partial charge in [-0.15, -0.1) is 0 Å². The first-order chi connectivity index (χ1) is 14.0. The van der Waals surface area contributed by atoms with Crippen molar-refractivity contribution in [1.29, 1.82) is 0 Å². The Labute approximate surface area is 170 Å². The number of aromatic nitrogens is 2. The summed E-state index contributed by atoms with van der Waals surface area (Å²) in [4.78, 5) is 34.8. The number of carbonyl (C=O) groups excluding carboxylic acids is 2. The van der Waals surface area contributed by atoms with Gasteiger partial charge in [0.25, 0.3) is 0 Å². The number of aromatic amines is 1. The van der Waals surface area contributed by atoms with Gasteiger partial charge in [-0.1, -0.05) is 32.4 Å². The number of urea groups is 1. The lowest BCUT2D eigenvalue weighted by molar-refractivity contribution is -0.144. The van der Waals surface area contributed by atoms with Gasteiger partial charge >= 0.3 is 12.0 Å². The number of H-pyrrole nitrogens is 1. The van der Waals surface area contributed by atoms with E-state index in [4.69, 9.17) is 9.47 Å². The van der Waals surface area contributed by atoms with Crippen LogP contribution in [0.1, 0.15) is 43.3 Å². The van der Waals surface area contributed by atoms with E-state index in [1.165, 1.54) is 7.11 Å². The summed E-state index contributed by atoms with van der Waals surface area (Å²) in [5, 5.41) is 2.88. The lowest BCUT2D eigenvalue weighted by Gasteiger charge is -2.36. The zero-order valence-corrected chi connectivity index (χ0v) is 17.3. The summed E-state index contributed by atoms with van der Waals surface area (Å²) in [5.41, 5.74) is 2.71. The van der Waals surface area contributed by atoms with E-state index in [1.54, 1.807) is 18.3 Å². The molecule has 0 fully saturated rings. The largest absolute Gasteiger partial charge is 0.497 e. The number of hydrogen-bond donors (Lipinski definition) is 2. The molecule has 8 heteroatoms. The van der Waals surface area contributed by atoms with Crippen molar-refractivity contribution in [3.63, 3.8) is 0 Å². The minimum Gasteiger partial charge on any atom is -0.497 e. The first-order valence-corrected chi connectivity index (χ1v) is 9.81. The van der Waals surface area contributed by atoms with Gasteiger partial charge in [-0.3, -0.25) is 0 Å². The van der Waals surface area contributed by atoms with E-state index in [1.807, 2.05) is 38.1 Å². The summed E-state index contributed by atoms with van der Waals surface area (Å²) in [7, 11) is 2.94. The molecular weight excluding hydrogens is 372 g/mol. The summed E-state index contributed by atoms with van der Waals surface area (Å²) < 4.78 is 10.3. The third-order valence-corrected chi connectivity index (χ3v) is 5.54. The fourth-order valence-electron chi connectivity index (χ4n) is 3.66. The van der Waals surface area contributed by atoms with Crippen LogP contribution in [-0.2, 0) is 16.0 Å². The van der Waals surface area contributed by atoms with Crippen LogP contribution in [0, 0.1) is 5.92 Å². The summed E-state index contributed by atoms with van der Waals surface area (Å²) in [5.74, 6) is 0.216. The van der Waals surface area contributed by atoms with Crippen molar-refractivity contribution in [1.82, 2.24) is 20.2 Å². The number of amides is 2. The van der Waals surface area contributed by atoms with Gasteiger partial charge in [0, 0.05) is 18.7 Å². The summed E-state index contributed by atoms with van der Waals surface area (Å²) in [6, 6.07) is 6.20.